The van der Waals surface area contributed by atoms with Crippen LogP contribution in [0.3, 0.4) is 0 Å². The lowest BCUT2D eigenvalue weighted by Crippen LogP contribution is -2.30. The van der Waals surface area contributed by atoms with Crippen LogP contribution in [0.1, 0.15) is 12.5 Å². The number of hydrogen-bond acceptors (Lipinski definition) is 5. The van der Waals surface area contributed by atoms with Crippen molar-refractivity contribution in [2.75, 3.05) is 25.1 Å². The number of aliphatic carboxylic acids is 1. The molecule has 0 atom stereocenters. The van der Waals surface area contributed by atoms with E-state index in [1.165, 1.54) is 36.7 Å². The molecule has 0 aromatic heterocycles. The number of carbonyl (C=O) groups is 1. The Morgan fingerprint density at radius 2 is 1.81 bits per heavy atom. The minimum absolute atomic E-state index is 0.0617. The molecule has 0 saturated heterocycles. The number of ether oxygens (including phenoxy) is 2. The number of nitrogens with zero attached hydrogens (tertiary/aromatic N) is 1. The van der Waals surface area contributed by atoms with Gasteiger partial charge < -0.3 is 14.6 Å². The fourth-order valence-electron chi connectivity index (χ4n) is 2.54. The zero-order valence-corrected chi connectivity index (χ0v) is 16.1. The molecule has 1 N–H and O–H groups in total. The molecule has 0 bridgehead atoms. The third kappa shape index (κ3) is 4.59. The number of methoxy groups -OCH3 is 2. The van der Waals surface area contributed by atoms with Crippen molar-refractivity contribution in [3.8, 4) is 11.5 Å². The Balaban J connectivity index is 2.47. The lowest BCUT2D eigenvalue weighted by Gasteiger charge is -2.24. The van der Waals surface area contributed by atoms with E-state index >= 15 is 0 Å². The normalized spacial score (nSPS) is 11.4. The molecule has 0 radical (unpaired) electrons. The molecule has 0 heterocycles. The molecule has 0 unspecified atom stereocenters. The van der Waals surface area contributed by atoms with Gasteiger partial charge >= 0.3 is 5.97 Å². The van der Waals surface area contributed by atoms with Gasteiger partial charge in [-0.25, -0.2) is 13.2 Å². The number of carboxylic acid groups (broad SMARTS) is 1. The molecule has 27 heavy (non-hydrogen) atoms. The van der Waals surface area contributed by atoms with Crippen LogP contribution in [0.2, 0.25) is 0 Å². The largest absolute Gasteiger partial charge is 0.493 e. The van der Waals surface area contributed by atoms with E-state index in [9.17, 15) is 13.2 Å². The van der Waals surface area contributed by atoms with Crippen molar-refractivity contribution >= 4 is 27.8 Å². The first-order valence-electron chi connectivity index (χ1n) is 8.09. The SMILES string of the molecule is CCN(c1ccc(OC)c(OC)c1)S(=O)(=O)c1cccc(C=CC(=O)O)c1. The van der Waals surface area contributed by atoms with Gasteiger partial charge in [0.25, 0.3) is 10.0 Å². The fourth-order valence-corrected chi connectivity index (χ4v) is 4.07. The summed E-state index contributed by atoms with van der Waals surface area (Å²) in [6.45, 7) is 1.93. The standard InChI is InChI=1S/C19H21NO6S/c1-4-20(15-9-10-17(25-2)18(13-15)26-3)27(23,24)16-7-5-6-14(12-16)8-11-19(21)22/h5-13H,4H2,1-3H3,(H,21,22). The minimum atomic E-state index is -3.85. The zero-order valence-electron chi connectivity index (χ0n) is 15.2. The van der Waals surface area contributed by atoms with Gasteiger partial charge in [0.1, 0.15) is 0 Å². The Hall–Kier alpha value is -3.00. The number of benzene rings is 2. The van der Waals surface area contributed by atoms with Crippen molar-refractivity contribution in [2.45, 2.75) is 11.8 Å². The zero-order chi connectivity index (χ0) is 20.0. The highest BCUT2D eigenvalue weighted by atomic mass is 32.2. The second-order valence-corrected chi connectivity index (χ2v) is 7.32. The molecule has 2 rings (SSSR count). The molecule has 0 fully saturated rings. The maximum Gasteiger partial charge on any atom is 0.328 e. The van der Waals surface area contributed by atoms with E-state index in [-0.39, 0.29) is 11.4 Å². The molecular formula is C19H21NO6S. The third-order valence-corrected chi connectivity index (χ3v) is 5.71. The van der Waals surface area contributed by atoms with E-state index in [0.717, 1.165) is 6.08 Å². The highest BCUT2D eigenvalue weighted by Crippen LogP contribution is 2.33. The van der Waals surface area contributed by atoms with Gasteiger partial charge in [-0.15, -0.1) is 0 Å². The first-order chi connectivity index (χ1) is 12.8. The van der Waals surface area contributed by atoms with Crippen LogP contribution in [0.25, 0.3) is 6.08 Å². The molecule has 2 aromatic carbocycles. The summed E-state index contributed by atoms with van der Waals surface area (Å²) in [7, 11) is -0.875. The Labute approximate surface area is 158 Å². The summed E-state index contributed by atoms with van der Waals surface area (Å²) in [5.41, 5.74) is 0.906. The summed E-state index contributed by atoms with van der Waals surface area (Å²) in [4.78, 5) is 10.7. The van der Waals surface area contributed by atoms with Gasteiger partial charge in [-0.1, -0.05) is 12.1 Å². The smallest absolute Gasteiger partial charge is 0.328 e. The predicted octanol–water partition coefficient (Wildman–Crippen LogP) is 3.02. The number of carboxylic acids is 1. The summed E-state index contributed by atoms with van der Waals surface area (Å²) in [6, 6.07) is 11.0. The fraction of sp³-hybridized carbons (Fsp3) is 0.211. The van der Waals surface area contributed by atoms with Crippen molar-refractivity contribution in [2.24, 2.45) is 0 Å². The maximum atomic E-state index is 13.1. The van der Waals surface area contributed by atoms with E-state index in [2.05, 4.69) is 0 Å². The molecule has 0 amide bonds. The molecule has 144 valence electrons. The second kappa shape index (κ2) is 8.59. The molecule has 0 aliphatic rings. The average molecular weight is 391 g/mol. The first-order valence-corrected chi connectivity index (χ1v) is 9.53. The van der Waals surface area contributed by atoms with Crippen LogP contribution in [0.15, 0.2) is 53.4 Å². The lowest BCUT2D eigenvalue weighted by molar-refractivity contribution is -0.131. The van der Waals surface area contributed by atoms with Crippen LogP contribution in [0.4, 0.5) is 5.69 Å². The average Bonchev–Trinajstić information content (AvgIpc) is 2.66. The van der Waals surface area contributed by atoms with Crippen molar-refractivity contribution in [3.05, 3.63) is 54.1 Å². The molecule has 0 spiro atoms. The molecule has 7 nitrogen and oxygen atoms in total. The van der Waals surface area contributed by atoms with Crippen LogP contribution in [-0.4, -0.2) is 40.3 Å². The summed E-state index contributed by atoms with van der Waals surface area (Å²) in [5, 5.41) is 8.74. The monoisotopic (exact) mass is 391 g/mol. The highest BCUT2D eigenvalue weighted by Gasteiger charge is 2.24. The maximum absolute atomic E-state index is 13.1. The Morgan fingerprint density at radius 3 is 2.41 bits per heavy atom. The summed E-state index contributed by atoms with van der Waals surface area (Å²) >= 11 is 0. The van der Waals surface area contributed by atoms with Crippen molar-refractivity contribution in [3.63, 3.8) is 0 Å². The van der Waals surface area contributed by atoms with Gasteiger partial charge in [0.2, 0.25) is 0 Å². The highest BCUT2D eigenvalue weighted by molar-refractivity contribution is 7.92. The van der Waals surface area contributed by atoms with Gasteiger partial charge in [0, 0.05) is 18.7 Å². The van der Waals surface area contributed by atoms with Crippen molar-refractivity contribution in [1.29, 1.82) is 0 Å². The minimum Gasteiger partial charge on any atom is -0.493 e. The van der Waals surface area contributed by atoms with Crippen molar-refractivity contribution in [1.82, 2.24) is 0 Å². The number of sulfonamides is 1. The Bertz CT molecular complexity index is 952. The molecule has 0 saturated carbocycles. The van der Waals surface area contributed by atoms with E-state index in [4.69, 9.17) is 14.6 Å². The van der Waals surface area contributed by atoms with Crippen LogP contribution < -0.4 is 13.8 Å². The summed E-state index contributed by atoms with van der Waals surface area (Å²) in [5.74, 6) is -0.193. The van der Waals surface area contributed by atoms with Gasteiger partial charge in [-0.2, -0.15) is 0 Å². The predicted molar refractivity (Wildman–Crippen MR) is 103 cm³/mol. The van der Waals surface area contributed by atoms with E-state index in [1.807, 2.05) is 0 Å². The van der Waals surface area contributed by atoms with E-state index < -0.39 is 16.0 Å². The Kier molecular flexibility index (Phi) is 6.46. The second-order valence-electron chi connectivity index (χ2n) is 5.45. The van der Waals surface area contributed by atoms with E-state index in [1.54, 1.807) is 37.3 Å². The van der Waals surface area contributed by atoms with Gasteiger partial charge in [-0.05, 0) is 42.8 Å². The summed E-state index contributed by atoms with van der Waals surface area (Å²) < 4.78 is 37.9. The first kappa shape index (κ1) is 20.3. The molecule has 2 aromatic rings. The number of anilines is 1. The third-order valence-electron chi connectivity index (χ3n) is 3.81. The lowest BCUT2D eigenvalue weighted by atomic mass is 10.2. The van der Waals surface area contributed by atoms with Crippen LogP contribution in [0.5, 0.6) is 11.5 Å². The van der Waals surface area contributed by atoms with Crippen molar-refractivity contribution < 1.29 is 27.8 Å². The molecular weight excluding hydrogens is 370 g/mol. The quantitative estimate of drug-likeness (QED) is 0.696. The summed E-state index contributed by atoms with van der Waals surface area (Å²) in [6.07, 6.45) is 2.30. The molecule has 0 aliphatic carbocycles. The molecule has 8 heteroatoms. The number of hydrogen-bond donors (Lipinski definition) is 1. The number of rotatable bonds is 8. The molecule has 0 aliphatic heterocycles. The van der Waals surface area contributed by atoms with E-state index in [0.29, 0.717) is 22.7 Å². The Morgan fingerprint density at radius 1 is 1.11 bits per heavy atom. The van der Waals surface area contributed by atoms with Crippen LogP contribution >= 0.6 is 0 Å². The topological polar surface area (TPSA) is 93.1 Å². The van der Waals surface area contributed by atoms with Crippen LogP contribution in [-0.2, 0) is 14.8 Å². The van der Waals surface area contributed by atoms with Gasteiger partial charge in [0.05, 0.1) is 24.8 Å². The van der Waals surface area contributed by atoms with Gasteiger partial charge in [0.15, 0.2) is 11.5 Å². The van der Waals surface area contributed by atoms with Gasteiger partial charge in [-0.3, -0.25) is 4.31 Å². The van der Waals surface area contributed by atoms with Crippen LogP contribution in [0, 0.1) is 0 Å².